The third-order valence-electron chi connectivity index (χ3n) is 3.82. The summed E-state index contributed by atoms with van der Waals surface area (Å²) >= 11 is 0. The lowest BCUT2D eigenvalue weighted by Crippen LogP contribution is -2.43. The Bertz CT molecular complexity index is 324. The van der Waals surface area contributed by atoms with E-state index in [1.54, 1.807) is 0 Å². The lowest BCUT2D eigenvalue weighted by atomic mass is 9.97. The molecule has 0 unspecified atom stereocenters. The van der Waals surface area contributed by atoms with Gasteiger partial charge in [-0.25, -0.2) is 0 Å². The summed E-state index contributed by atoms with van der Waals surface area (Å²) in [4.78, 5) is 14.4. The maximum atomic E-state index is 11.9. The van der Waals surface area contributed by atoms with Gasteiger partial charge in [-0.15, -0.1) is 0 Å². The van der Waals surface area contributed by atoms with Gasteiger partial charge in [0.1, 0.15) is 6.10 Å². The summed E-state index contributed by atoms with van der Waals surface area (Å²) in [6, 6.07) is 0.700. The van der Waals surface area contributed by atoms with Crippen molar-refractivity contribution in [2.75, 3.05) is 13.1 Å². The van der Waals surface area contributed by atoms with Crippen LogP contribution >= 0.6 is 0 Å². The summed E-state index contributed by atoms with van der Waals surface area (Å²) in [6.07, 6.45) is 9.40. The molecule has 1 atom stereocenters. The number of ether oxygens (including phenoxy) is 1. The van der Waals surface area contributed by atoms with Gasteiger partial charge in [0.25, 0.3) is 0 Å². The van der Waals surface area contributed by atoms with E-state index in [9.17, 15) is 4.79 Å². The first-order valence-corrected chi connectivity index (χ1v) is 7.08. The van der Waals surface area contributed by atoms with Crippen LogP contribution in [0.1, 0.15) is 46.5 Å². The third-order valence-corrected chi connectivity index (χ3v) is 3.82. The van der Waals surface area contributed by atoms with E-state index in [4.69, 9.17) is 4.74 Å². The van der Waals surface area contributed by atoms with Crippen LogP contribution in [0.3, 0.4) is 0 Å². The molecule has 1 saturated carbocycles. The maximum Gasteiger partial charge on any atom is 0.311 e. The Hall–Kier alpha value is -0.830. The van der Waals surface area contributed by atoms with E-state index in [1.165, 1.54) is 25.7 Å². The molecule has 0 N–H and O–H groups in total. The van der Waals surface area contributed by atoms with Crippen molar-refractivity contribution in [2.45, 2.75) is 58.6 Å². The van der Waals surface area contributed by atoms with E-state index in [2.05, 4.69) is 11.0 Å². The Morgan fingerprint density at radius 1 is 1.28 bits per heavy atom. The number of carbonyl (C=O) groups excluding carboxylic acids is 1. The molecular formula is C15H25NO2. The predicted molar refractivity (Wildman–Crippen MR) is 72.3 cm³/mol. The summed E-state index contributed by atoms with van der Waals surface area (Å²) in [5.74, 6) is -0.106. The summed E-state index contributed by atoms with van der Waals surface area (Å²) < 4.78 is 5.58. The van der Waals surface area contributed by atoms with Crippen LogP contribution in [0.25, 0.3) is 0 Å². The highest BCUT2D eigenvalue weighted by molar-refractivity contribution is 5.75. The Morgan fingerprint density at radius 2 is 1.94 bits per heavy atom. The summed E-state index contributed by atoms with van der Waals surface area (Å²) in [7, 11) is 0. The van der Waals surface area contributed by atoms with E-state index in [1.807, 2.05) is 26.8 Å². The van der Waals surface area contributed by atoms with Crippen LogP contribution < -0.4 is 0 Å². The molecule has 2 rings (SSSR count). The second kappa shape index (κ2) is 5.43. The molecule has 0 aromatic carbocycles. The third kappa shape index (κ3) is 3.35. The van der Waals surface area contributed by atoms with Gasteiger partial charge in [-0.3, -0.25) is 9.69 Å². The number of hydrogen-bond acceptors (Lipinski definition) is 3. The molecule has 102 valence electrons. The SMILES string of the molecule is CC(C)(C)C(=O)O[C@H]1C=CCN(C2CCCC2)C1. The highest BCUT2D eigenvalue weighted by atomic mass is 16.5. The summed E-state index contributed by atoms with van der Waals surface area (Å²) in [5, 5.41) is 0. The average Bonchev–Trinajstić information content (AvgIpc) is 2.81. The Morgan fingerprint density at radius 3 is 2.56 bits per heavy atom. The lowest BCUT2D eigenvalue weighted by molar-refractivity contribution is -0.157. The van der Waals surface area contributed by atoms with Crippen molar-refractivity contribution in [3.8, 4) is 0 Å². The smallest absolute Gasteiger partial charge is 0.311 e. The number of carbonyl (C=O) groups is 1. The van der Waals surface area contributed by atoms with Gasteiger partial charge in [0.05, 0.1) is 5.41 Å². The van der Waals surface area contributed by atoms with Crippen molar-refractivity contribution in [2.24, 2.45) is 5.41 Å². The fourth-order valence-electron chi connectivity index (χ4n) is 2.67. The normalized spacial score (nSPS) is 26.5. The standard InChI is InChI=1S/C15H25NO2/c1-15(2,3)14(17)18-13-9-6-10-16(11-13)12-7-4-5-8-12/h6,9,12-13H,4-5,7-8,10-11H2,1-3H3/t13-/m0/s1. The highest BCUT2D eigenvalue weighted by Crippen LogP contribution is 2.26. The number of hydrogen-bond donors (Lipinski definition) is 0. The number of nitrogens with zero attached hydrogens (tertiary/aromatic N) is 1. The van der Waals surface area contributed by atoms with Crippen LogP contribution in [-0.4, -0.2) is 36.1 Å². The van der Waals surface area contributed by atoms with Crippen LogP contribution in [0.5, 0.6) is 0 Å². The van der Waals surface area contributed by atoms with Crippen molar-refractivity contribution in [3.63, 3.8) is 0 Å². The molecule has 3 nitrogen and oxygen atoms in total. The van der Waals surface area contributed by atoms with Gasteiger partial charge in [0.2, 0.25) is 0 Å². The molecule has 0 saturated heterocycles. The first kappa shape index (κ1) is 13.6. The first-order valence-electron chi connectivity index (χ1n) is 7.08. The van der Waals surface area contributed by atoms with Gasteiger partial charge in [0, 0.05) is 19.1 Å². The van der Waals surface area contributed by atoms with E-state index >= 15 is 0 Å². The van der Waals surface area contributed by atoms with Crippen LogP contribution in [0.2, 0.25) is 0 Å². The molecule has 1 fully saturated rings. The van der Waals surface area contributed by atoms with E-state index < -0.39 is 5.41 Å². The van der Waals surface area contributed by atoms with Crippen LogP contribution in [0.4, 0.5) is 0 Å². The molecule has 0 aromatic rings. The molecule has 0 radical (unpaired) electrons. The number of rotatable bonds is 2. The molecule has 1 aliphatic carbocycles. The fraction of sp³-hybridized carbons (Fsp3) is 0.800. The second-order valence-electron chi connectivity index (χ2n) is 6.51. The fourth-order valence-corrected chi connectivity index (χ4v) is 2.67. The highest BCUT2D eigenvalue weighted by Gasteiger charge is 2.30. The Balaban J connectivity index is 1.89. The van der Waals surface area contributed by atoms with E-state index in [0.717, 1.165) is 13.1 Å². The van der Waals surface area contributed by atoms with Crippen molar-refractivity contribution < 1.29 is 9.53 Å². The minimum atomic E-state index is -0.413. The van der Waals surface area contributed by atoms with Gasteiger partial charge >= 0.3 is 5.97 Å². The van der Waals surface area contributed by atoms with E-state index in [0.29, 0.717) is 6.04 Å². The van der Waals surface area contributed by atoms with Crippen molar-refractivity contribution in [1.29, 1.82) is 0 Å². The maximum absolute atomic E-state index is 11.9. The molecule has 0 spiro atoms. The average molecular weight is 251 g/mol. The monoisotopic (exact) mass is 251 g/mol. The second-order valence-corrected chi connectivity index (χ2v) is 6.51. The molecule has 0 amide bonds. The van der Waals surface area contributed by atoms with Crippen LogP contribution in [0, 0.1) is 5.41 Å². The zero-order valence-electron chi connectivity index (χ0n) is 11.8. The topological polar surface area (TPSA) is 29.5 Å². The van der Waals surface area contributed by atoms with Crippen molar-refractivity contribution >= 4 is 5.97 Å². The molecule has 3 heteroatoms. The Kier molecular flexibility index (Phi) is 4.10. The van der Waals surface area contributed by atoms with Crippen molar-refractivity contribution in [1.82, 2.24) is 4.90 Å². The van der Waals surface area contributed by atoms with Crippen LogP contribution in [-0.2, 0) is 9.53 Å². The largest absolute Gasteiger partial charge is 0.456 e. The van der Waals surface area contributed by atoms with Crippen molar-refractivity contribution in [3.05, 3.63) is 12.2 Å². The zero-order valence-corrected chi connectivity index (χ0v) is 11.8. The molecular weight excluding hydrogens is 226 g/mol. The Labute approximate surface area is 110 Å². The quantitative estimate of drug-likeness (QED) is 0.558. The van der Waals surface area contributed by atoms with Crippen LogP contribution in [0.15, 0.2) is 12.2 Å². The molecule has 18 heavy (non-hydrogen) atoms. The van der Waals surface area contributed by atoms with Gasteiger partial charge in [-0.1, -0.05) is 18.9 Å². The minimum absolute atomic E-state index is 0.0638. The molecule has 1 aliphatic heterocycles. The molecule has 1 heterocycles. The molecule has 0 aromatic heterocycles. The summed E-state index contributed by atoms with van der Waals surface area (Å²) in [6.45, 7) is 7.57. The molecule has 2 aliphatic rings. The molecule has 0 bridgehead atoms. The van der Waals surface area contributed by atoms with Gasteiger partial charge < -0.3 is 4.74 Å². The van der Waals surface area contributed by atoms with Gasteiger partial charge in [0.15, 0.2) is 0 Å². The van der Waals surface area contributed by atoms with E-state index in [-0.39, 0.29) is 12.1 Å². The zero-order chi connectivity index (χ0) is 13.2. The summed E-state index contributed by atoms with van der Waals surface area (Å²) in [5.41, 5.74) is -0.413. The first-order chi connectivity index (χ1) is 8.47. The lowest BCUT2D eigenvalue weighted by Gasteiger charge is -2.34. The number of esters is 1. The van der Waals surface area contributed by atoms with Gasteiger partial charge in [-0.2, -0.15) is 0 Å². The minimum Gasteiger partial charge on any atom is -0.456 e. The predicted octanol–water partition coefficient (Wildman–Crippen LogP) is 2.76. The van der Waals surface area contributed by atoms with Gasteiger partial charge in [-0.05, 0) is 39.7 Å².